The largest absolute Gasteiger partial charge is 0.493 e. The normalized spacial score (nSPS) is 10.2. The number of thiophene rings is 1. The number of carbonyl (C=O) groups is 1. The van der Waals surface area contributed by atoms with Crippen LogP contribution in [0.4, 0.5) is 0 Å². The van der Waals surface area contributed by atoms with E-state index in [1.54, 1.807) is 14.2 Å². The fourth-order valence-corrected chi connectivity index (χ4v) is 2.52. The molecule has 0 atom stereocenters. The van der Waals surface area contributed by atoms with Crippen LogP contribution < -0.4 is 14.8 Å². The van der Waals surface area contributed by atoms with Crippen LogP contribution >= 0.6 is 11.3 Å². The summed E-state index contributed by atoms with van der Waals surface area (Å²) in [6.45, 7) is 2.44. The molecule has 0 aliphatic carbocycles. The predicted molar refractivity (Wildman–Crippen MR) is 79.8 cm³/mol. The van der Waals surface area contributed by atoms with Crippen LogP contribution in [0.15, 0.2) is 29.6 Å². The lowest BCUT2D eigenvalue weighted by Gasteiger charge is -2.13. The molecule has 0 saturated heterocycles. The van der Waals surface area contributed by atoms with Crippen molar-refractivity contribution in [1.29, 1.82) is 0 Å². The van der Waals surface area contributed by atoms with Gasteiger partial charge in [-0.05, 0) is 41.6 Å². The number of aryl methyl sites for hydroxylation is 1. The van der Waals surface area contributed by atoms with E-state index in [9.17, 15) is 4.79 Å². The van der Waals surface area contributed by atoms with Crippen LogP contribution in [0.1, 0.15) is 20.8 Å². The molecule has 0 aliphatic rings. The number of carbonyl (C=O) groups excluding carboxylic acids is 1. The van der Waals surface area contributed by atoms with Crippen LogP contribution in [-0.4, -0.2) is 20.1 Å². The zero-order valence-corrected chi connectivity index (χ0v) is 12.5. The highest BCUT2D eigenvalue weighted by molar-refractivity contribution is 7.12. The number of rotatable bonds is 5. The molecule has 0 bridgehead atoms. The number of nitrogens with one attached hydrogen (secondary N) is 1. The van der Waals surface area contributed by atoms with E-state index < -0.39 is 0 Å². The van der Waals surface area contributed by atoms with Crippen molar-refractivity contribution >= 4 is 17.2 Å². The lowest BCUT2D eigenvalue weighted by Crippen LogP contribution is -2.22. The molecule has 1 aromatic carbocycles. The fraction of sp³-hybridized carbons (Fsp3) is 0.267. The molecule has 2 aromatic rings. The van der Waals surface area contributed by atoms with Gasteiger partial charge < -0.3 is 14.8 Å². The van der Waals surface area contributed by atoms with Gasteiger partial charge in [-0.2, -0.15) is 0 Å². The van der Waals surface area contributed by atoms with Crippen LogP contribution in [0.2, 0.25) is 0 Å². The first-order valence-electron chi connectivity index (χ1n) is 6.19. The molecule has 20 heavy (non-hydrogen) atoms. The van der Waals surface area contributed by atoms with Crippen molar-refractivity contribution in [2.75, 3.05) is 14.2 Å². The summed E-state index contributed by atoms with van der Waals surface area (Å²) in [6, 6.07) is 7.47. The van der Waals surface area contributed by atoms with Gasteiger partial charge in [0.25, 0.3) is 5.91 Å². The third-order valence-corrected chi connectivity index (χ3v) is 3.90. The van der Waals surface area contributed by atoms with Crippen molar-refractivity contribution in [2.45, 2.75) is 13.5 Å². The first kappa shape index (κ1) is 14.4. The Morgan fingerprint density at radius 3 is 2.55 bits per heavy atom. The minimum Gasteiger partial charge on any atom is -0.493 e. The summed E-state index contributed by atoms with van der Waals surface area (Å²) in [6.07, 6.45) is 0. The number of benzene rings is 1. The molecule has 1 amide bonds. The maximum absolute atomic E-state index is 11.9. The Morgan fingerprint density at radius 2 is 1.95 bits per heavy atom. The number of amides is 1. The predicted octanol–water partition coefficient (Wildman–Crippen LogP) is 3.00. The molecule has 5 heteroatoms. The maximum atomic E-state index is 11.9. The Hall–Kier alpha value is -2.01. The first-order valence-corrected chi connectivity index (χ1v) is 7.07. The van der Waals surface area contributed by atoms with E-state index in [2.05, 4.69) is 5.32 Å². The van der Waals surface area contributed by atoms with Gasteiger partial charge in [-0.3, -0.25) is 4.79 Å². The van der Waals surface area contributed by atoms with E-state index in [1.807, 2.05) is 36.6 Å². The third-order valence-electron chi connectivity index (χ3n) is 3.03. The van der Waals surface area contributed by atoms with Gasteiger partial charge in [0.2, 0.25) is 0 Å². The summed E-state index contributed by atoms with van der Waals surface area (Å²) >= 11 is 1.43. The third kappa shape index (κ3) is 3.11. The minimum absolute atomic E-state index is 0.0609. The second kappa shape index (κ2) is 6.43. The Labute approximate surface area is 122 Å². The Balaban J connectivity index is 2.11. The Bertz CT molecular complexity index is 593. The summed E-state index contributed by atoms with van der Waals surface area (Å²) in [7, 11) is 3.21. The van der Waals surface area contributed by atoms with Crippen molar-refractivity contribution < 1.29 is 14.3 Å². The van der Waals surface area contributed by atoms with Crippen LogP contribution in [0.25, 0.3) is 0 Å². The van der Waals surface area contributed by atoms with Gasteiger partial charge in [-0.25, -0.2) is 0 Å². The molecule has 1 N–H and O–H groups in total. The molecule has 4 nitrogen and oxygen atoms in total. The molecular formula is C15H17NO3S. The smallest absolute Gasteiger partial charge is 0.261 e. The van der Waals surface area contributed by atoms with Crippen molar-refractivity contribution in [3.05, 3.63) is 45.6 Å². The summed E-state index contributed by atoms with van der Waals surface area (Å²) in [4.78, 5) is 12.6. The molecule has 1 heterocycles. The number of hydrogen-bond acceptors (Lipinski definition) is 4. The molecule has 0 radical (unpaired) electrons. The lowest BCUT2D eigenvalue weighted by molar-refractivity contribution is 0.0955. The molecule has 0 unspecified atom stereocenters. The summed E-state index contributed by atoms with van der Waals surface area (Å²) in [5.41, 5.74) is 2.06. The van der Waals surface area contributed by atoms with E-state index in [0.717, 1.165) is 11.1 Å². The average molecular weight is 291 g/mol. The zero-order chi connectivity index (χ0) is 14.5. The quantitative estimate of drug-likeness (QED) is 0.921. The van der Waals surface area contributed by atoms with Gasteiger partial charge in [0.05, 0.1) is 19.1 Å². The monoisotopic (exact) mass is 291 g/mol. The van der Waals surface area contributed by atoms with Crippen molar-refractivity contribution in [3.8, 4) is 11.5 Å². The Morgan fingerprint density at radius 1 is 1.25 bits per heavy atom. The van der Waals surface area contributed by atoms with E-state index >= 15 is 0 Å². The summed E-state index contributed by atoms with van der Waals surface area (Å²) in [5, 5.41) is 4.79. The molecule has 0 fully saturated rings. The highest BCUT2D eigenvalue weighted by atomic mass is 32.1. The van der Waals surface area contributed by atoms with Crippen molar-refractivity contribution in [1.82, 2.24) is 5.32 Å². The molecule has 2 rings (SSSR count). The molecule has 106 valence electrons. The van der Waals surface area contributed by atoms with Gasteiger partial charge in [-0.1, -0.05) is 6.07 Å². The summed E-state index contributed by atoms with van der Waals surface area (Å²) < 4.78 is 10.5. The van der Waals surface area contributed by atoms with Gasteiger partial charge in [0, 0.05) is 6.54 Å². The van der Waals surface area contributed by atoms with Crippen LogP contribution in [0.5, 0.6) is 11.5 Å². The van der Waals surface area contributed by atoms with Gasteiger partial charge in [0.15, 0.2) is 11.5 Å². The number of ether oxygens (including phenoxy) is 2. The van der Waals surface area contributed by atoms with Gasteiger partial charge in [-0.15, -0.1) is 11.3 Å². The fourth-order valence-electron chi connectivity index (χ4n) is 1.88. The van der Waals surface area contributed by atoms with E-state index in [1.165, 1.54) is 11.3 Å². The van der Waals surface area contributed by atoms with Crippen LogP contribution in [0.3, 0.4) is 0 Å². The van der Waals surface area contributed by atoms with E-state index in [-0.39, 0.29) is 5.91 Å². The average Bonchev–Trinajstić information content (AvgIpc) is 2.99. The molecule has 0 saturated carbocycles. The molecule has 1 aromatic heterocycles. The lowest BCUT2D eigenvalue weighted by atomic mass is 10.1. The zero-order valence-electron chi connectivity index (χ0n) is 11.7. The van der Waals surface area contributed by atoms with Gasteiger partial charge >= 0.3 is 0 Å². The maximum Gasteiger partial charge on any atom is 0.261 e. The number of hydrogen-bond donors (Lipinski definition) is 1. The second-order valence-electron chi connectivity index (χ2n) is 4.29. The highest BCUT2D eigenvalue weighted by Gasteiger charge is 2.10. The molecule has 0 aliphatic heterocycles. The topological polar surface area (TPSA) is 47.6 Å². The number of methoxy groups -OCH3 is 2. The standard InChI is InChI=1S/C15H17NO3S/c1-10-7-12(18-2)13(19-3)8-11(10)9-16-15(17)14-5-4-6-20-14/h4-8H,9H2,1-3H3,(H,16,17). The molecular weight excluding hydrogens is 274 g/mol. The second-order valence-corrected chi connectivity index (χ2v) is 5.24. The van der Waals surface area contributed by atoms with Crippen molar-refractivity contribution in [2.24, 2.45) is 0 Å². The Kier molecular flexibility index (Phi) is 4.63. The first-order chi connectivity index (χ1) is 9.65. The van der Waals surface area contributed by atoms with Crippen LogP contribution in [-0.2, 0) is 6.54 Å². The highest BCUT2D eigenvalue weighted by Crippen LogP contribution is 2.30. The minimum atomic E-state index is -0.0609. The summed E-state index contributed by atoms with van der Waals surface area (Å²) in [5.74, 6) is 1.30. The van der Waals surface area contributed by atoms with Gasteiger partial charge in [0.1, 0.15) is 0 Å². The van der Waals surface area contributed by atoms with Crippen LogP contribution in [0, 0.1) is 6.92 Å². The molecule has 0 spiro atoms. The van der Waals surface area contributed by atoms with E-state index in [0.29, 0.717) is 22.9 Å². The SMILES string of the molecule is COc1cc(C)c(CNC(=O)c2cccs2)cc1OC. The van der Waals surface area contributed by atoms with Crippen molar-refractivity contribution in [3.63, 3.8) is 0 Å². The van der Waals surface area contributed by atoms with E-state index in [4.69, 9.17) is 9.47 Å².